The Kier molecular flexibility index (Phi) is 6.54. The molecule has 6 amide bonds. The van der Waals surface area contributed by atoms with Gasteiger partial charge in [-0.2, -0.15) is 0 Å². The van der Waals surface area contributed by atoms with Crippen LogP contribution in [0, 0.1) is 23.7 Å². The Morgan fingerprint density at radius 1 is 1.09 bits per heavy atom. The third-order valence-corrected chi connectivity index (χ3v) is 7.91. The highest BCUT2D eigenvalue weighted by Crippen LogP contribution is 2.54. The van der Waals surface area contributed by atoms with Crippen LogP contribution < -0.4 is 10.6 Å². The van der Waals surface area contributed by atoms with E-state index in [1.165, 1.54) is 11.8 Å². The molecule has 4 atom stereocenters. The molecule has 2 aliphatic carbocycles. The number of hydrogen-bond acceptors (Lipinski definition) is 6. The summed E-state index contributed by atoms with van der Waals surface area (Å²) in [5.74, 6) is -3.46. The van der Waals surface area contributed by atoms with Crippen LogP contribution >= 0.6 is 0 Å². The molecule has 1 saturated heterocycles. The van der Waals surface area contributed by atoms with Gasteiger partial charge in [0.2, 0.25) is 17.7 Å². The van der Waals surface area contributed by atoms with Gasteiger partial charge in [-0.3, -0.25) is 24.1 Å². The zero-order valence-electron chi connectivity index (χ0n) is 20.1. The molecule has 0 unspecified atom stereocenters. The highest BCUT2D eigenvalue weighted by atomic mass is 16.3. The number of likely N-dealkylation sites (tertiary alicyclic amines) is 1. The SMILES string of the molecule is CCC1=C2CC[C@H]3C(=O)N(CC)C(=O)[C@H]3[C@H]2[C@@](C)(C(=O)NCC2CC2)N(C(=O)NCCO)C1=O. The van der Waals surface area contributed by atoms with Gasteiger partial charge in [-0.15, -0.1) is 0 Å². The summed E-state index contributed by atoms with van der Waals surface area (Å²) in [6.45, 7) is 5.34. The molecule has 0 bridgehead atoms. The van der Waals surface area contributed by atoms with E-state index in [1.807, 2.05) is 6.92 Å². The van der Waals surface area contributed by atoms with Crippen molar-refractivity contribution >= 4 is 29.7 Å². The van der Waals surface area contributed by atoms with E-state index in [4.69, 9.17) is 0 Å². The van der Waals surface area contributed by atoms with Crippen molar-refractivity contribution < 1.29 is 29.1 Å². The molecule has 34 heavy (non-hydrogen) atoms. The molecular weight excluding hydrogens is 440 g/mol. The number of nitrogens with zero attached hydrogens (tertiary/aromatic N) is 2. The van der Waals surface area contributed by atoms with E-state index < -0.39 is 41.1 Å². The van der Waals surface area contributed by atoms with Gasteiger partial charge in [0.25, 0.3) is 5.91 Å². The minimum absolute atomic E-state index is 0.0852. The maximum Gasteiger partial charge on any atom is 0.325 e. The summed E-state index contributed by atoms with van der Waals surface area (Å²) in [5.41, 5.74) is -0.559. The lowest BCUT2D eigenvalue weighted by molar-refractivity contribution is -0.150. The smallest absolute Gasteiger partial charge is 0.325 e. The minimum Gasteiger partial charge on any atom is -0.395 e. The van der Waals surface area contributed by atoms with E-state index in [0.717, 1.165) is 17.7 Å². The van der Waals surface area contributed by atoms with Crippen LogP contribution in [-0.2, 0) is 19.2 Å². The van der Waals surface area contributed by atoms with Crippen molar-refractivity contribution in [1.29, 1.82) is 0 Å². The summed E-state index contributed by atoms with van der Waals surface area (Å²) in [6, 6.07) is -0.792. The predicted octanol–water partition coefficient (Wildman–Crippen LogP) is 0.553. The Morgan fingerprint density at radius 2 is 1.79 bits per heavy atom. The molecule has 10 heteroatoms. The normalized spacial score (nSPS) is 30.9. The first-order valence-corrected chi connectivity index (χ1v) is 12.3. The van der Waals surface area contributed by atoms with Gasteiger partial charge in [-0.25, -0.2) is 9.69 Å². The van der Waals surface area contributed by atoms with E-state index in [0.29, 0.717) is 42.9 Å². The second-order valence-corrected chi connectivity index (χ2v) is 9.82. The minimum atomic E-state index is -1.69. The third-order valence-electron chi connectivity index (χ3n) is 7.91. The number of imide groups is 2. The number of carbonyl (C=O) groups is 5. The molecule has 2 saturated carbocycles. The van der Waals surface area contributed by atoms with Gasteiger partial charge in [-0.1, -0.05) is 12.5 Å². The molecule has 0 spiro atoms. The Labute approximate surface area is 199 Å². The van der Waals surface area contributed by atoms with Crippen LogP contribution in [0.15, 0.2) is 11.1 Å². The predicted molar refractivity (Wildman–Crippen MR) is 121 cm³/mol. The first-order valence-electron chi connectivity index (χ1n) is 12.3. The number of fused-ring (bicyclic) bond motifs is 3. The molecule has 4 rings (SSSR count). The molecule has 0 radical (unpaired) electrons. The largest absolute Gasteiger partial charge is 0.395 e. The van der Waals surface area contributed by atoms with Gasteiger partial charge >= 0.3 is 6.03 Å². The summed E-state index contributed by atoms with van der Waals surface area (Å²) < 4.78 is 0. The van der Waals surface area contributed by atoms with Gasteiger partial charge in [0, 0.05) is 31.1 Å². The fourth-order valence-corrected chi connectivity index (χ4v) is 6.04. The second-order valence-electron chi connectivity index (χ2n) is 9.82. The van der Waals surface area contributed by atoms with Crippen LogP contribution in [0.4, 0.5) is 4.79 Å². The molecule has 0 aromatic heterocycles. The van der Waals surface area contributed by atoms with E-state index in [2.05, 4.69) is 10.6 Å². The quantitative estimate of drug-likeness (QED) is 0.461. The van der Waals surface area contributed by atoms with Crippen molar-refractivity contribution in [2.24, 2.45) is 23.7 Å². The number of carbonyl (C=O) groups excluding carboxylic acids is 5. The number of amides is 6. The lowest BCUT2D eigenvalue weighted by Crippen LogP contribution is -2.71. The Balaban J connectivity index is 1.86. The van der Waals surface area contributed by atoms with Crippen LogP contribution in [0.25, 0.3) is 0 Å². The lowest BCUT2D eigenvalue weighted by atomic mass is 9.59. The van der Waals surface area contributed by atoms with Crippen molar-refractivity contribution in [3.8, 4) is 0 Å². The number of aliphatic hydroxyl groups is 1. The van der Waals surface area contributed by atoms with E-state index in [9.17, 15) is 29.1 Å². The number of urea groups is 1. The summed E-state index contributed by atoms with van der Waals surface area (Å²) in [7, 11) is 0. The van der Waals surface area contributed by atoms with Crippen LogP contribution in [0.1, 0.15) is 52.9 Å². The van der Waals surface area contributed by atoms with E-state index >= 15 is 0 Å². The number of rotatable bonds is 7. The summed E-state index contributed by atoms with van der Waals surface area (Å²) in [6.07, 6.45) is 3.22. The Morgan fingerprint density at radius 3 is 2.38 bits per heavy atom. The zero-order valence-corrected chi connectivity index (χ0v) is 20.1. The van der Waals surface area contributed by atoms with Gasteiger partial charge < -0.3 is 15.7 Å². The fraction of sp³-hybridized carbons (Fsp3) is 0.708. The molecule has 2 aliphatic heterocycles. The van der Waals surface area contributed by atoms with Crippen LogP contribution in [0.5, 0.6) is 0 Å². The number of nitrogens with one attached hydrogen (secondary N) is 2. The highest BCUT2D eigenvalue weighted by molar-refractivity contribution is 6.12. The average molecular weight is 475 g/mol. The van der Waals surface area contributed by atoms with E-state index in [1.54, 1.807) is 6.92 Å². The first kappa shape index (κ1) is 24.4. The molecule has 186 valence electrons. The maximum absolute atomic E-state index is 13.8. The van der Waals surface area contributed by atoms with Crippen LogP contribution in [0.3, 0.4) is 0 Å². The Hall–Kier alpha value is -2.75. The van der Waals surface area contributed by atoms with Gasteiger partial charge in [-0.05, 0) is 51.9 Å². The van der Waals surface area contributed by atoms with Gasteiger partial charge in [0.05, 0.1) is 18.4 Å². The molecular formula is C24H34N4O6. The topological polar surface area (TPSA) is 136 Å². The van der Waals surface area contributed by atoms with Gasteiger partial charge in [0.1, 0.15) is 5.54 Å². The zero-order chi connectivity index (χ0) is 24.8. The summed E-state index contributed by atoms with van der Waals surface area (Å²) in [4.78, 5) is 69.4. The summed E-state index contributed by atoms with van der Waals surface area (Å²) in [5, 5.41) is 14.6. The lowest BCUT2D eigenvalue weighted by Gasteiger charge is -2.52. The first-order chi connectivity index (χ1) is 16.2. The van der Waals surface area contributed by atoms with Crippen LogP contribution in [-0.4, -0.2) is 76.3 Å². The number of hydrogen-bond donors (Lipinski definition) is 3. The standard InChI is InChI=1S/C24H34N4O6/c1-4-14-15-8-9-16-17(21(32)27(5-2)19(16)30)18(15)24(3,22(33)26-12-13-6-7-13)28(20(14)31)23(34)25-10-11-29/h13,16-18,29H,4-12H2,1-3H3,(H,25,34)(H,26,33)/t16-,17-,18+,24+/m1/s1. The Bertz CT molecular complexity index is 957. The van der Waals surface area contributed by atoms with Crippen molar-refractivity contribution in [2.45, 2.75) is 58.4 Å². The van der Waals surface area contributed by atoms with Crippen molar-refractivity contribution in [3.63, 3.8) is 0 Å². The molecule has 3 N–H and O–H groups in total. The summed E-state index contributed by atoms with van der Waals surface area (Å²) >= 11 is 0. The average Bonchev–Trinajstić information content (AvgIpc) is 3.61. The maximum atomic E-state index is 13.8. The second kappa shape index (κ2) is 9.13. The van der Waals surface area contributed by atoms with Crippen molar-refractivity contribution in [1.82, 2.24) is 20.4 Å². The molecule has 3 fully saturated rings. The van der Waals surface area contributed by atoms with E-state index in [-0.39, 0.29) is 31.5 Å². The highest BCUT2D eigenvalue weighted by Gasteiger charge is 2.65. The fourth-order valence-electron chi connectivity index (χ4n) is 6.04. The molecule has 0 aromatic rings. The molecule has 4 aliphatic rings. The van der Waals surface area contributed by atoms with Crippen molar-refractivity contribution in [3.05, 3.63) is 11.1 Å². The van der Waals surface area contributed by atoms with Gasteiger partial charge in [0.15, 0.2) is 0 Å². The monoisotopic (exact) mass is 474 g/mol. The molecule has 10 nitrogen and oxygen atoms in total. The van der Waals surface area contributed by atoms with Crippen molar-refractivity contribution in [2.75, 3.05) is 26.2 Å². The third kappa shape index (κ3) is 3.62. The molecule has 2 heterocycles. The number of aliphatic hydroxyl groups excluding tert-OH is 1. The molecule has 0 aromatic carbocycles. The van der Waals surface area contributed by atoms with Crippen LogP contribution in [0.2, 0.25) is 0 Å².